The molecule has 0 amide bonds. The van der Waals surface area contributed by atoms with Gasteiger partial charge in [-0.25, -0.2) is 0 Å². The second-order valence-corrected chi connectivity index (χ2v) is 3.75. The highest BCUT2D eigenvalue weighted by atomic mass is 16.7. The highest BCUT2D eigenvalue weighted by molar-refractivity contribution is 5.73. The van der Waals surface area contributed by atoms with Gasteiger partial charge in [0, 0.05) is 5.56 Å². The molecule has 1 aliphatic rings. The van der Waals surface area contributed by atoms with E-state index in [1.165, 1.54) is 0 Å². The second-order valence-electron chi connectivity index (χ2n) is 3.75. The lowest BCUT2D eigenvalue weighted by atomic mass is 10.0. The Morgan fingerprint density at radius 1 is 1.35 bits per heavy atom. The quantitative estimate of drug-likeness (QED) is 0.748. The van der Waals surface area contributed by atoms with Crippen molar-refractivity contribution >= 4 is 5.97 Å². The van der Waals surface area contributed by atoms with Crippen LogP contribution in [0.2, 0.25) is 0 Å². The SMILES string of the molecule is CCOC(=O)Cc1ccccc1C1OCCO1. The summed E-state index contributed by atoms with van der Waals surface area (Å²) in [4.78, 5) is 11.5. The van der Waals surface area contributed by atoms with Gasteiger partial charge in [0.25, 0.3) is 0 Å². The molecule has 4 nitrogen and oxygen atoms in total. The van der Waals surface area contributed by atoms with Gasteiger partial charge in [-0.1, -0.05) is 24.3 Å². The molecule has 1 heterocycles. The summed E-state index contributed by atoms with van der Waals surface area (Å²) in [6, 6.07) is 7.63. The maximum atomic E-state index is 11.5. The molecule has 0 aliphatic carbocycles. The average molecular weight is 236 g/mol. The van der Waals surface area contributed by atoms with Crippen LogP contribution < -0.4 is 0 Å². The van der Waals surface area contributed by atoms with Crippen LogP contribution in [0.3, 0.4) is 0 Å². The fourth-order valence-corrected chi connectivity index (χ4v) is 1.83. The molecule has 0 saturated carbocycles. The van der Waals surface area contributed by atoms with Crippen LogP contribution in [0.5, 0.6) is 0 Å². The Labute approximate surface area is 100 Å². The number of rotatable bonds is 4. The molecule has 0 radical (unpaired) electrons. The number of hydrogen-bond acceptors (Lipinski definition) is 4. The standard InChI is InChI=1S/C13H16O4/c1-2-15-12(14)9-10-5-3-4-6-11(10)13-16-7-8-17-13/h3-6,13H,2,7-9H2,1H3. The van der Waals surface area contributed by atoms with Gasteiger partial charge < -0.3 is 14.2 Å². The second kappa shape index (κ2) is 5.80. The van der Waals surface area contributed by atoms with Crippen LogP contribution in [0.4, 0.5) is 0 Å². The zero-order valence-corrected chi connectivity index (χ0v) is 9.85. The minimum Gasteiger partial charge on any atom is -0.466 e. The summed E-state index contributed by atoms with van der Waals surface area (Å²) < 4.78 is 15.8. The Kier molecular flexibility index (Phi) is 4.12. The molecular weight excluding hydrogens is 220 g/mol. The molecular formula is C13H16O4. The minimum absolute atomic E-state index is 0.224. The molecule has 1 aromatic carbocycles. The van der Waals surface area contributed by atoms with Crippen molar-refractivity contribution in [2.24, 2.45) is 0 Å². The molecule has 1 aromatic rings. The summed E-state index contributed by atoms with van der Waals surface area (Å²) in [7, 11) is 0. The number of esters is 1. The Balaban J connectivity index is 2.12. The number of benzene rings is 1. The van der Waals surface area contributed by atoms with Crippen LogP contribution in [-0.2, 0) is 25.4 Å². The summed E-state index contributed by atoms with van der Waals surface area (Å²) in [5.41, 5.74) is 1.82. The van der Waals surface area contributed by atoms with E-state index in [2.05, 4.69) is 0 Å². The van der Waals surface area contributed by atoms with E-state index in [1.807, 2.05) is 24.3 Å². The Hall–Kier alpha value is -1.39. The van der Waals surface area contributed by atoms with Gasteiger partial charge in [0.2, 0.25) is 0 Å². The van der Waals surface area contributed by atoms with E-state index in [9.17, 15) is 4.79 Å². The molecule has 1 fully saturated rings. The van der Waals surface area contributed by atoms with Gasteiger partial charge in [0.1, 0.15) is 0 Å². The maximum absolute atomic E-state index is 11.5. The van der Waals surface area contributed by atoms with E-state index in [-0.39, 0.29) is 18.7 Å². The van der Waals surface area contributed by atoms with Crippen molar-refractivity contribution in [3.8, 4) is 0 Å². The predicted octanol–water partition coefficient (Wildman–Crippen LogP) is 1.84. The van der Waals surface area contributed by atoms with Crippen molar-refractivity contribution in [3.63, 3.8) is 0 Å². The van der Waals surface area contributed by atoms with Crippen LogP contribution in [0.1, 0.15) is 24.3 Å². The first kappa shape index (κ1) is 12.1. The fourth-order valence-electron chi connectivity index (χ4n) is 1.83. The first-order chi connectivity index (χ1) is 8.31. The number of carbonyl (C=O) groups is 1. The Bertz CT molecular complexity index is 383. The molecule has 0 aromatic heterocycles. The minimum atomic E-state index is -0.347. The lowest BCUT2D eigenvalue weighted by Gasteiger charge is -2.13. The highest BCUT2D eigenvalue weighted by Gasteiger charge is 2.21. The van der Waals surface area contributed by atoms with Gasteiger partial charge in [0.05, 0.1) is 26.2 Å². The van der Waals surface area contributed by atoms with E-state index in [0.717, 1.165) is 11.1 Å². The third-order valence-corrected chi connectivity index (χ3v) is 2.57. The van der Waals surface area contributed by atoms with Gasteiger partial charge in [-0.2, -0.15) is 0 Å². The first-order valence-corrected chi connectivity index (χ1v) is 5.78. The normalized spacial score (nSPS) is 16.1. The fraction of sp³-hybridized carbons (Fsp3) is 0.462. The lowest BCUT2D eigenvalue weighted by Crippen LogP contribution is -2.11. The van der Waals surface area contributed by atoms with Crippen LogP contribution in [0.25, 0.3) is 0 Å². The van der Waals surface area contributed by atoms with E-state index < -0.39 is 0 Å². The summed E-state index contributed by atoms with van der Waals surface area (Å²) in [5, 5.41) is 0. The Morgan fingerprint density at radius 3 is 2.76 bits per heavy atom. The summed E-state index contributed by atoms with van der Waals surface area (Å²) >= 11 is 0. The average Bonchev–Trinajstić information content (AvgIpc) is 2.83. The zero-order valence-electron chi connectivity index (χ0n) is 9.85. The maximum Gasteiger partial charge on any atom is 0.310 e. The van der Waals surface area contributed by atoms with Gasteiger partial charge in [-0.3, -0.25) is 4.79 Å². The van der Waals surface area contributed by atoms with Crippen molar-refractivity contribution in [2.75, 3.05) is 19.8 Å². The van der Waals surface area contributed by atoms with Crippen LogP contribution >= 0.6 is 0 Å². The van der Waals surface area contributed by atoms with Crippen molar-refractivity contribution < 1.29 is 19.0 Å². The van der Waals surface area contributed by atoms with E-state index in [4.69, 9.17) is 14.2 Å². The highest BCUT2D eigenvalue weighted by Crippen LogP contribution is 2.26. The smallest absolute Gasteiger partial charge is 0.310 e. The molecule has 1 saturated heterocycles. The third kappa shape index (κ3) is 3.05. The third-order valence-electron chi connectivity index (χ3n) is 2.57. The van der Waals surface area contributed by atoms with Crippen molar-refractivity contribution in [1.29, 1.82) is 0 Å². The van der Waals surface area contributed by atoms with E-state index in [1.54, 1.807) is 6.92 Å². The molecule has 0 bridgehead atoms. The molecule has 0 atom stereocenters. The predicted molar refractivity (Wildman–Crippen MR) is 61.4 cm³/mol. The van der Waals surface area contributed by atoms with Crippen LogP contribution in [0, 0.1) is 0 Å². The Morgan fingerprint density at radius 2 is 2.06 bits per heavy atom. The van der Waals surface area contributed by atoms with E-state index >= 15 is 0 Å². The molecule has 2 rings (SSSR count). The number of ether oxygens (including phenoxy) is 3. The molecule has 4 heteroatoms. The molecule has 92 valence electrons. The lowest BCUT2D eigenvalue weighted by molar-refractivity contribution is -0.142. The van der Waals surface area contributed by atoms with E-state index in [0.29, 0.717) is 19.8 Å². The summed E-state index contributed by atoms with van der Waals surface area (Å²) in [6.07, 6.45) is -0.0895. The van der Waals surface area contributed by atoms with Gasteiger partial charge in [-0.15, -0.1) is 0 Å². The van der Waals surface area contributed by atoms with Crippen molar-refractivity contribution in [3.05, 3.63) is 35.4 Å². The van der Waals surface area contributed by atoms with Crippen LogP contribution in [-0.4, -0.2) is 25.8 Å². The molecule has 0 N–H and O–H groups in total. The largest absolute Gasteiger partial charge is 0.466 e. The monoisotopic (exact) mass is 236 g/mol. The molecule has 1 aliphatic heterocycles. The van der Waals surface area contributed by atoms with Gasteiger partial charge in [-0.05, 0) is 12.5 Å². The first-order valence-electron chi connectivity index (χ1n) is 5.78. The van der Waals surface area contributed by atoms with Crippen LogP contribution in [0.15, 0.2) is 24.3 Å². The topological polar surface area (TPSA) is 44.8 Å². The van der Waals surface area contributed by atoms with Gasteiger partial charge in [0.15, 0.2) is 6.29 Å². The number of carbonyl (C=O) groups excluding carboxylic acids is 1. The number of hydrogen-bond donors (Lipinski definition) is 0. The zero-order chi connectivity index (χ0) is 12.1. The summed E-state index contributed by atoms with van der Waals surface area (Å²) in [5.74, 6) is -0.224. The molecule has 0 spiro atoms. The molecule has 17 heavy (non-hydrogen) atoms. The van der Waals surface area contributed by atoms with Crippen molar-refractivity contribution in [1.82, 2.24) is 0 Å². The molecule has 0 unspecified atom stereocenters. The summed E-state index contributed by atoms with van der Waals surface area (Å²) in [6.45, 7) is 3.39. The van der Waals surface area contributed by atoms with Crippen molar-refractivity contribution in [2.45, 2.75) is 19.6 Å². The van der Waals surface area contributed by atoms with Gasteiger partial charge >= 0.3 is 5.97 Å².